The fourth-order valence-corrected chi connectivity index (χ4v) is 5.57. The number of nitrogens with two attached hydrogens (primary N) is 1. The highest BCUT2D eigenvalue weighted by atomic mass is 79.9. The summed E-state index contributed by atoms with van der Waals surface area (Å²) in [6, 6.07) is 17.0. The average Bonchev–Trinajstić information content (AvgIpc) is 3.30. The lowest BCUT2D eigenvalue weighted by Crippen LogP contribution is -2.13. The van der Waals surface area contributed by atoms with Gasteiger partial charge in [0.25, 0.3) is 5.56 Å². The van der Waals surface area contributed by atoms with Crippen molar-refractivity contribution in [3.05, 3.63) is 86.9 Å². The predicted molar refractivity (Wildman–Crippen MR) is 148 cm³/mol. The Morgan fingerprint density at radius 3 is 2.78 bits per heavy atom. The monoisotopic (exact) mass is 605 g/mol. The van der Waals surface area contributed by atoms with E-state index < -0.39 is 8.38 Å². The van der Waals surface area contributed by atoms with Crippen LogP contribution in [0.25, 0.3) is 11.2 Å². The molecule has 2 heterocycles. The number of carbonyl (C=O) groups is 1. The number of nitrogens with zero attached hydrogens (tertiary/aromatic N) is 3. The Bertz CT molecular complexity index is 1390. The van der Waals surface area contributed by atoms with Crippen molar-refractivity contribution in [3.63, 3.8) is 0 Å². The first-order chi connectivity index (χ1) is 18.0. The van der Waals surface area contributed by atoms with Crippen LogP contribution in [-0.2, 0) is 26.9 Å². The summed E-state index contributed by atoms with van der Waals surface area (Å²) in [6.45, 7) is 1.45. The van der Waals surface area contributed by atoms with Crippen molar-refractivity contribution in [2.45, 2.75) is 13.2 Å². The van der Waals surface area contributed by atoms with Crippen LogP contribution in [0, 0.1) is 0 Å². The van der Waals surface area contributed by atoms with Gasteiger partial charge in [0.15, 0.2) is 19.5 Å². The number of hydrogen-bond donors (Lipinski definition) is 2. The largest absolute Gasteiger partial charge is 0.370 e. The van der Waals surface area contributed by atoms with Crippen LogP contribution in [0.5, 0.6) is 0 Å². The summed E-state index contributed by atoms with van der Waals surface area (Å²) in [6.07, 6.45) is 1.77. The Balaban J connectivity index is 1.28. The second kappa shape index (κ2) is 13.8. The minimum Gasteiger partial charge on any atom is -0.370 e. The number of fused-ring (bicyclic) bond motifs is 1. The van der Waals surface area contributed by atoms with Gasteiger partial charge in [0.05, 0.1) is 26.1 Å². The van der Waals surface area contributed by atoms with Crippen LogP contribution >= 0.6 is 36.1 Å². The van der Waals surface area contributed by atoms with Crippen molar-refractivity contribution in [2.24, 2.45) is 0 Å². The van der Waals surface area contributed by atoms with E-state index in [9.17, 15) is 9.59 Å². The maximum absolute atomic E-state index is 12.3. The number of halogens is 1. The molecule has 0 aliphatic heterocycles. The zero-order valence-electron chi connectivity index (χ0n) is 19.7. The van der Waals surface area contributed by atoms with E-state index in [-0.39, 0.29) is 28.5 Å². The van der Waals surface area contributed by atoms with Gasteiger partial charge in [-0.15, -0.1) is 0 Å². The summed E-state index contributed by atoms with van der Waals surface area (Å²) in [7, 11) is -1.37. The lowest BCUT2D eigenvalue weighted by Gasteiger charge is -2.18. The van der Waals surface area contributed by atoms with Crippen molar-refractivity contribution < 1.29 is 18.6 Å². The average molecular weight is 606 g/mol. The zero-order valence-corrected chi connectivity index (χ0v) is 23.0. The second-order valence-electron chi connectivity index (χ2n) is 7.67. The van der Waals surface area contributed by atoms with E-state index in [0.29, 0.717) is 43.3 Å². The van der Waals surface area contributed by atoms with Gasteiger partial charge in [0, 0.05) is 22.3 Å². The number of nitrogens with one attached hydrogen (secondary N) is 1. The molecule has 2 aromatic carbocycles. The topological polar surface area (TPSA) is 134 Å². The molecule has 3 N–H and O–H groups in total. The summed E-state index contributed by atoms with van der Waals surface area (Å²) in [5.74, 6) is 0.525. The van der Waals surface area contributed by atoms with E-state index in [0.717, 1.165) is 10.0 Å². The van der Waals surface area contributed by atoms with E-state index in [2.05, 4.69) is 30.9 Å². The quantitative estimate of drug-likeness (QED) is 0.166. The van der Waals surface area contributed by atoms with E-state index >= 15 is 0 Å². The number of anilines is 1. The fraction of sp³-hybridized carbons (Fsp3) is 0.250. The summed E-state index contributed by atoms with van der Waals surface area (Å²) in [4.78, 5) is 34.9. The van der Waals surface area contributed by atoms with Gasteiger partial charge in [0.2, 0.25) is 11.1 Å². The third-order valence-corrected chi connectivity index (χ3v) is 7.63. The molecule has 4 rings (SSSR count). The lowest BCUT2D eigenvalue weighted by atomic mass is 10.2. The molecule has 0 spiro atoms. The Morgan fingerprint density at radius 2 is 1.97 bits per heavy atom. The van der Waals surface area contributed by atoms with Crippen molar-refractivity contribution >= 4 is 58.3 Å². The Hall–Kier alpha value is -2.60. The molecule has 0 bridgehead atoms. The molecule has 0 saturated carbocycles. The summed E-state index contributed by atoms with van der Waals surface area (Å²) >= 11 is 4.67. The van der Waals surface area contributed by atoms with Crippen LogP contribution in [0.4, 0.5) is 5.95 Å². The number of carbonyl (C=O) groups excluding carboxylic acids is 1. The highest BCUT2D eigenvalue weighted by Crippen LogP contribution is 2.39. The first-order valence-electron chi connectivity index (χ1n) is 11.3. The maximum Gasteiger partial charge on any atom is 0.280 e. The molecule has 0 amide bonds. The highest BCUT2D eigenvalue weighted by Gasteiger charge is 2.14. The van der Waals surface area contributed by atoms with E-state index in [1.165, 1.54) is 18.1 Å². The van der Waals surface area contributed by atoms with Crippen LogP contribution in [0.2, 0.25) is 0 Å². The van der Waals surface area contributed by atoms with Crippen LogP contribution in [0.15, 0.2) is 70.2 Å². The summed E-state index contributed by atoms with van der Waals surface area (Å²) in [5.41, 5.74) is 7.55. The first kappa shape index (κ1) is 27.4. The highest BCUT2D eigenvalue weighted by molar-refractivity contribution is 9.10. The number of hydrogen-bond acceptors (Lipinski definition) is 9. The van der Waals surface area contributed by atoms with Gasteiger partial charge in [-0.1, -0.05) is 70.2 Å². The van der Waals surface area contributed by atoms with Crippen molar-refractivity contribution in [1.29, 1.82) is 0 Å². The van der Waals surface area contributed by atoms with Crippen LogP contribution in [-0.4, -0.2) is 49.9 Å². The number of aromatic amines is 1. The fourth-order valence-electron chi connectivity index (χ4n) is 3.25. The third-order valence-electron chi connectivity index (χ3n) is 4.99. The normalized spacial score (nSPS) is 12.1. The van der Waals surface area contributed by atoms with Crippen molar-refractivity contribution in [2.75, 3.05) is 31.0 Å². The van der Waals surface area contributed by atoms with Crippen LogP contribution in [0.3, 0.4) is 0 Å². The van der Waals surface area contributed by atoms with Gasteiger partial charge in [0.1, 0.15) is 6.35 Å². The molecular formula is C24H25BrN5O5PS. The Labute approximate surface area is 227 Å². The van der Waals surface area contributed by atoms with E-state index in [4.69, 9.17) is 19.5 Å². The van der Waals surface area contributed by atoms with Gasteiger partial charge in [-0.05, 0) is 17.7 Å². The molecule has 0 saturated heterocycles. The Kier molecular flexibility index (Phi) is 10.2. The molecule has 0 radical (unpaired) electrons. The standard InChI is InChI=1S/C24H25BrN5O5PS/c25-19-8-4-5-17(13-19)14-35-36(34-11-12-37-23(32)18-6-2-1-3-7-18)16-33-10-9-30-15-27-20-21(30)28-24(26)29-22(20)31/h1-8,13,15H,9-12,14,16H2,(H3,26,28,29,31). The van der Waals surface area contributed by atoms with Gasteiger partial charge in [-0.3, -0.25) is 14.6 Å². The number of nitrogen functional groups attached to an aromatic ring is 1. The van der Waals surface area contributed by atoms with Crippen LogP contribution < -0.4 is 11.3 Å². The molecule has 0 aliphatic rings. The zero-order chi connectivity index (χ0) is 26.0. The van der Waals surface area contributed by atoms with Crippen molar-refractivity contribution in [3.8, 4) is 0 Å². The van der Waals surface area contributed by atoms with E-state index in [1.807, 2.05) is 42.5 Å². The molecule has 4 aromatic rings. The number of imidazole rings is 1. The molecule has 1 atom stereocenters. The number of aromatic nitrogens is 4. The number of ether oxygens (including phenoxy) is 1. The first-order valence-corrected chi connectivity index (χ1v) is 14.4. The van der Waals surface area contributed by atoms with Gasteiger partial charge < -0.3 is 24.1 Å². The molecule has 1 unspecified atom stereocenters. The number of H-pyrrole nitrogens is 1. The molecule has 0 fully saturated rings. The minimum atomic E-state index is -1.37. The third kappa shape index (κ3) is 8.19. The number of rotatable bonds is 13. The summed E-state index contributed by atoms with van der Waals surface area (Å²) < 4.78 is 20.5. The minimum absolute atomic E-state index is 0.000438. The van der Waals surface area contributed by atoms with Gasteiger partial charge in [-0.2, -0.15) is 4.98 Å². The molecule has 37 heavy (non-hydrogen) atoms. The number of benzene rings is 2. The molecule has 2 aromatic heterocycles. The SMILES string of the molecule is Nc1nc2c(ncn2CCOCP(OCCSC(=O)c2ccccc2)OCc2cccc(Br)c2)c(=O)[nH]1. The maximum atomic E-state index is 12.3. The molecule has 13 heteroatoms. The Morgan fingerprint density at radius 1 is 1.14 bits per heavy atom. The molecular weight excluding hydrogens is 581 g/mol. The molecule has 0 aliphatic carbocycles. The molecule has 194 valence electrons. The van der Waals surface area contributed by atoms with Crippen molar-refractivity contribution in [1.82, 2.24) is 19.5 Å². The van der Waals surface area contributed by atoms with E-state index in [1.54, 1.807) is 16.7 Å². The second-order valence-corrected chi connectivity index (χ2v) is 11.1. The summed E-state index contributed by atoms with van der Waals surface area (Å²) in [5, 5.41) is 0.000438. The smallest absolute Gasteiger partial charge is 0.280 e. The van der Waals surface area contributed by atoms with Gasteiger partial charge >= 0.3 is 0 Å². The number of thioether (sulfide) groups is 1. The molecule has 10 nitrogen and oxygen atoms in total. The van der Waals surface area contributed by atoms with Gasteiger partial charge in [-0.25, -0.2) is 4.98 Å². The predicted octanol–water partition coefficient (Wildman–Crippen LogP) is 4.56. The van der Waals surface area contributed by atoms with Crippen LogP contribution in [0.1, 0.15) is 15.9 Å². The lowest BCUT2D eigenvalue weighted by molar-refractivity contribution is 0.108.